The van der Waals surface area contributed by atoms with E-state index in [1.807, 2.05) is 84.9 Å². The number of hydrogen-bond acceptors (Lipinski definition) is 0. The van der Waals surface area contributed by atoms with Gasteiger partial charge in [0.25, 0.3) is 0 Å². The molecule has 254 valence electrons. The van der Waals surface area contributed by atoms with Gasteiger partial charge in [0, 0.05) is 0 Å². The predicted octanol–water partition coefficient (Wildman–Crippen LogP) is 12.6. The van der Waals surface area contributed by atoms with E-state index in [1.165, 1.54) is 48.5 Å². The quantitative estimate of drug-likeness (QED) is 0.0873. The zero-order valence-corrected chi connectivity index (χ0v) is 30.1. The molecule has 6 heteroatoms. The lowest BCUT2D eigenvalue weighted by atomic mass is 9.74. The van der Waals surface area contributed by atoms with E-state index in [4.69, 9.17) is 0 Å². The molecule has 8 aromatic rings. The van der Waals surface area contributed by atoms with Crippen molar-refractivity contribution in [3.8, 4) is 11.1 Å². The Balaban J connectivity index is 1.59. The Labute approximate surface area is 304 Å². The molecule has 0 amide bonds. The Morgan fingerprint density at radius 2 is 0.635 bits per heavy atom. The van der Waals surface area contributed by atoms with Crippen molar-refractivity contribution in [3.63, 3.8) is 0 Å². The van der Waals surface area contributed by atoms with Gasteiger partial charge in [-0.2, -0.15) is 0 Å². The normalized spacial score (nSPS) is 12.0. The summed E-state index contributed by atoms with van der Waals surface area (Å²) in [5.41, 5.74) is 5.62. The SMILES string of the molecule is Fc1cccc(C(P)(c2cccc(F)c2)c2ccc3ccccc3c2-c2c(C(P)(c3cccc(F)c3)c3cccc(F)c3)ccc3ccccc23)c1. The van der Waals surface area contributed by atoms with Crippen LogP contribution in [0.25, 0.3) is 32.7 Å². The highest BCUT2D eigenvalue weighted by Crippen LogP contribution is 2.56. The molecule has 0 N–H and O–H groups in total. The van der Waals surface area contributed by atoms with Crippen LogP contribution < -0.4 is 0 Å². The van der Waals surface area contributed by atoms with Gasteiger partial charge in [-0.1, -0.05) is 121 Å². The van der Waals surface area contributed by atoms with Gasteiger partial charge in [-0.3, -0.25) is 0 Å². The molecule has 0 fully saturated rings. The third-order valence-corrected chi connectivity index (χ3v) is 12.0. The van der Waals surface area contributed by atoms with Gasteiger partial charge in [0.1, 0.15) is 23.3 Å². The summed E-state index contributed by atoms with van der Waals surface area (Å²) in [6.45, 7) is 0. The van der Waals surface area contributed by atoms with E-state index in [2.05, 4.69) is 30.6 Å². The topological polar surface area (TPSA) is 0 Å². The third-order valence-electron chi connectivity index (χ3n) is 10.1. The molecule has 2 unspecified atom stereocenters. The molecule has 8 aromatic carbocycles. The lowest BCUT2D eigenvalue weighted by molar-refractivity contribution is 0.619. The Kier molecular flexibility index (Phi) is 8.78. The number of hydrogen-bond donors (Lipinski definition) is 0. The van der Waals surface area contributed by atoms with E-state index < -0.39 is 33.6 Å². The van der Waals surface area contributed by atoms with Crippen LogP contribution in [-0.4, -0.2) is 0 Å². The van der Waals surface area contributed by atoms with E-state index >= 15 is 17.6 Å². The third kappa shape index (κ3) is 5.72. The molecule has 8 rings (SSSR count). The van der Waals surface area contributed by atoms with Gasteiger partial charge in [-0.05, 0) is 115 Å². The lowest BCUT2D eigenvalue weighted by Gasteiger charge is -2.37. The summed E-state index contributed by atoms with van der Waals surface area (Å²) in [5.74, 6) is -1.68. The first-order valence-corrected chi connectivity index (χ1v) is 18.0. The van der Waals surface area contributed by atoms with Crippen molar-refractivity contribution < 1.29 is 17.6 Å². The van der Waals surface area contributed by atoms with Crippen molar-refractivity contribution >= 4 is 40.0 Å². The van der Waals surface area contributed by atoms with Crippen LogP contribution in [0.2, 0.25) is 0 Å². The molecule has 0 saturated carbocycles. The first-order valence-electron chi connectivity index (χ1n) is 16.8. The summed E-state index contributed by atoms with van der Waals surface area (Å²) < 4.78 is 60.8. The van der Waals surface area contributed by atoms with Crippen molar-refractivity contribution in [1.82, 2.24) is 0 Å². The van der Waals surface area contributed by atoms with E-state index in [0.29, 0.717) is 22.3 Å². The van der Waals surface area contributed by atoms with Crippen molar-refractivity contribution in [2.75, 3.05) is 0 Å². The Hall–Kier alpha value is -5.14. The number of rotatable bonds is 7. The number of halogens is 4. The summed E-state index contributed by atoms with van der Waals surface area (Å²) in [6, 6.07) is 49.8. The first kappa shape index (κ1) is 34.0. The average Bonchev–Trinajstić information content (AvgIpc) is 3.16. The Bertz CT molecular complexity index is 2360. The van der Waals surface area contributed by atoms with Crippen LogP contribution in [0.3, 0.4) is 0 Å². The fraction of sp³-hybridized carbons (Fsp3) is 0.0435. The molecule has 52 heavy (non-hydrogen) atoms. The van der Waals surface area contributed by atoms with E-state index in [-0.39, 0.29) is 0 Å². The van der Waals surface area contributed by atoms with Gasteiger partial charge < -0.3 is 0 Å². The zero-order valence-electron chi connectivity index (χ0n) is 27.8. The van der Waals surface area contributed by atoms with Crippen LogP contribution in [0.5, 0.6) is 0 Å². The molecule has 0 radical (unpaired) electrons. The summed E-state index contributed by atoms with van der Waals surface area (Å²) in [7, 11) is 5.89. The fourth-order valence-electron chi connectivity index (χ4n) is 7.63. The van der Waals surface area contributed by atoms with Crippen molar-refractivity contribution in [1.29, 1.82) is 0 Å². The van der Waals surface area contributed by atoms with Gasteiger partial charge in [0.2, 0.25) is 0 Å². The van der Waals surface area contributed by atoms with Crippen LogP contribution in [0, 0.1) is 23.3 Å². The smallest absolute Gasteiger partial charge is 0.123 e. The molecule has 2 atom stereocenters. The molecule has 0 aromatic heterocycles. The monoisotopic (exact) mass is 722 g/mol. The Morgan fingerprint density at radius 1 is 0.327 bits per heavy atom. The highest BCUT2D eigenvalue weighted by Gasteiger charge is 2.39. The van der Waals surface area contributed by atoms with E-state index in [1.54, 1.807) is 24.3 Å². The second kappa shape index (κ2) is 13.4. The second-order valence-corrected chi connectivity index (χ2v) is 14.8. The maximum absolute atomic E-state index is 15.2. The van der Waals surface area contributed by atoms with Gasteiger partial charge >= 0.3 is 0 Å². The minimum Gasteiger partial charge on any atom is -0.207 e. The lowest BCUT2D eigenvalue weighted by Crippen LogP contribution is -2.25. The van der Waals surface area contributed by atoms with Gasteiger partial charge in [-0.25, -0.2) is 17.6 Å². The fourth-order valence-corrected chi connectivity index (χ4v) is 8.83. The largest absolute Gasteiger partial charge is 0.207 e. The first-order chi connectivity index (χ1) is 25.2. The molecular formula is C46H32F4P2. The molecule has 0 aliphatic carbocycles. The standard InChI is InChI=1S/C46H32F4P2/c47-35-15-5-11-31(25-35)45(51,32-12-6-16-36(48)26-32)41-23-21-29-9-1-3-19-39(29)43(41)44-40-20-4-2-10-30(40)22-24-42(44)46(52,33-13-7-17-37(49)27-33)34-14-8-18-38(50)28-34/h1-28H,51-52H2. The molecule has 0 saturated heterocycles. The van der Waals surface area contributed by atoms with Gasteiger partial charge in [0.05, 0.1) is 10.3 Å². The molecule has 0 nitrogen and oxygen atoms in total. The van der Waals surface area contributed by atoms with Crippen molar-refractivity contribution in [3.05, 3.63) is 227 Å². The molecule has 0 aliphatic heterocycles. The minimum absolute atomic E-state index is 0.421. The van der Waals surface area contributed by atoms with Gasteiger partial charge in [-0.15, -0.1) is 18.5 Å². The number of fused-ring (bicyclic) bond motifs is 2. The van der Waals surface area contributed by atoms with E-state index in [0.717, 1.165) is 43.8 Å². The van der Waals surface area contributed by atoms with Crippen LogP contribution in [0.1, 0.15) is 33.4 Å². The highest BCUT2D eigenvalue weighted by molar-refractivity contribution is 7.19. The molecule has 0 bridgehead atoms. The summed E-state index contributed by atoms with van der Waals surface area (Å²) in [6.07, 6.45) is 0. The Morgan fingerprint density at radius 3 is 0.942 bits per heavy atom. The summed E-state index contributed by atoms with van der Waals surface area (Å²) in [4.78, 5) is 0. The second-order valence-electron chi connectivity index (χ2n) is 13.1. The number of benzene rings is 8. The predicted molar refractivity (Wildman–Crippen MR) is 212 cm³/mol. The average molecular weight is 723 g/mol. The van der Waals surface area contributed by atoms with Gasteiger partial charge in [0.15, 0.2) is 0 Å². The highest BCUT2D eigenvalue weighted by atomic mass is 31.0. The summed E-state index contributed by atoms with van der Waals surface area (Å²) in [5, 5.41) is 1.41. The minimum atomic E-state index is -1.15. The van der Waals surface area contributed by atoms with Crippen LogP contribution >= 0.6 is 18.5 Å². The molecular weight excluding hydrogens is 690 g/mol. The summed E-state index contributed by atoms with van der Waals surface area (Å²) >= 11 is 0. The maximum atomic E-state index is 15.2. The van der Waals surface area contributed by atoms with Crippen molar-refractivity contribution in [2.45, 2.75) is 10.3 Å². The molecule has 0 aliphatic rings. The van der Waals surface area contributed by atoms with Crippen molar-refractivity contribution in [2.24, 2.45) is 0 Å². The van der Waals surface area contributed by atoms with Crippen LogP contribution in [0.4, 0.5) is 17.6 Å². The zero-order chi connectivity index (χ0) is 36.0. The molecule has 0 spiro atoms. The maximum Gasteiger partial charge on any atom is 0.123 e. The van der Waals surface area contributed by atoms with E-state index in [9.17, 15) is 0 Å². The molecule has 0 heterocycles. The van der Waals surface area contributed by atoms with Crippen LogP contribution in [0.15, 0.2) is 170 Å². The van der Waals surface area contributed by atoms with Crippen LogP contribution in [-0.2, 0) is 10.3 Å².